The summed E-state index contributed by atoms with van der Waals surface area (Å²) in [5, 5.41) is 16.9. The van der Waals surface area contributed by atoms with Crippen molar-refractivity contribution in [2.24, 2.45) is 11.7 Å². The molecule has 4 N–H and O–H groups in total. The van der Waals surface area contributed by atoms with Crippen molar-refractivity contribution in [2.75, 3.05) is 0 Å². The van der Waals surface area contributed by atoms with E-state index in [1.807, 2.05) is 13.8 Å². The maximum absolute atomic E-state index is 12.4. The Balaban J connectivity index is 0. The summed E-state index contributed by atoms with van der Waals surface area (Å²) in [6, 6.07) is 1.82. The lowest BCUT2D eigenvalue weighted by Gasteiger charge is -2.10. The molecular weight excluding hydrogens is 615 g/mol. The second kappa shape index (κ2) is 27.9. The van der Waals surface area contributed by atoms with Crippen LogP contribution in [0.5, 0.6) is 5.75 Å². The van der Waals surface area contributed by atoms with E-state index < -0.39 is 41.0 Å². The van der Waals surface area contributed by atoms with Crippen molar-refractivity contribution in [1.82, 2.24) is 0 Å². The number of carboxylic acid groups (broad SMARTS) is 2. The number of hydrogen-bond acceptors (Lipinski definition) is 5. The van der Waals surface area contributed by atoms with Gasteiger partial charge in [0, 0.05) is 19.8 Å². The first-order valence-corrected chi connectivity index (χ1v) is 15.5. The molecular formula is C36H50F3NO7. The summed E-state index contributed by atoms with van der Waals surface area (Å²) in [4.78, 5) is 41.8. The van der Waals surface area contributed by atoms with Gasteiger partial charge in [-0.3, -0.25) is 14.4 Å². The lowest BCUT2D eigenvalue weighted by Crippen LogP contribution is -2.11. The van der Waals surface area contributed by atoms with Gasteiger partial charge in [-0.1, -0.05) is 81.5 Å². The number of allylic oxidation sites excluding steroid dienone is 10. The Morgan fingerprint density at radius 1 is 0.830 bits per heavy atom. The maximum atomic E-state index is 12.4. The monoisotopic (exact) mass is 665 g/mol. The predicted octanol–water partition coefficient (Wildman–Crippen LogP) is 9.23. The lowest BCUT2D eigenvalue weighted by molar-refractivity contribution is -0.138. The SMILES string of the molecule is CC(=O)Oc1cc(C(F)(F)F)ccc1C(=O)O.CC(C)CCC(=O)O.CC/C=C\C/C=C\C/C=C\C/C=C\C/C=C\CCCC(N)=O. The first-order chi connectivity index (χ1) is 22.1. The molecule has 1 rings (SSSR count). The molecule has 0 aliphatic heterocycles. The normalized spacial score (nSPS) is 11.7. The van der Waals surface area contributed by atoms with Crippen LogP contribution in [-0.2, 0) is 20.6 Å². The van der Waals surface area contributed by atoms with E-state index in [9.17, 15) is 32.3 Å². The number of carboxylic acids is 2. The zero-order chi connectivity index (χ0) is 36.1. The molecule has 0 unspecified atom stereocenters. The molecule has 1 aromatic rings. The van der Waals surface area contributed by atoms with Crippen molar-refractivity contribution in [3.05, 3.63) is 90.1 Å². The number of aromatic carboxylic acids is 1. The number of halogens is 3. The number of nitrogens with two attached hydrogens (primary N) is 1. The fraction of sp³-hybridized carbons (Fsp3) is 0.444. The fourth-order valence-electron chi connectivity index (χ4n) is 3.29. The summed E-state index contributed by atoms with van der Waals surface area (Å²) in [7, 11) is 0. The Morgan fingerprint density at radius 3 is 1.68 bits per heavy atom. The second-order valence-corrected chi connectivity index (χ2v) is 10.5. The van der Waals surface area contributed by atoms with E-state index in [1.165, 1.54) is 0 Å². The molecule has 0 heterocycles. The minimum absolute atomic E-state index is 0.215. The molecule has 1 aromatic carbocycles. The third-order valence-corrected chi connectivity index (χ3v) is 5.68. The van der Waals surface area contributed by atoms with E-state index in [0.29, 0.717) is 30.9 Å². The first-order valence-electron chi connectivity index (χ1n) is 15.5. The summed E-state index contributed by atoms with van der Waals surface area (Å²) >= 11 is 0. The Morgan fingerprint density at radius 2 is 1.32 bits per heavy atom. The molecule has 0 atom stereocenters. The molecule has 1 amide bonds. The van der Waals surface area contributed by atoms with Crippen molar-refractivity contribution in [1.29, 1.82) is 0 Å². The molecule has 0 aliphatic carbocycles. The standard InChI is InChI=1S/C20H31NO.C10H7F3O4.C6H12O2/c1-2-3-4-5-6-7-8-9-10-11-12-13-14-15-16-17-18-19-20(21)22;1-5(14)17-8-4-6(10(11,12)13)2-3-7(8)9(15)16;1-5(2)3-4-6(7)8/h3-4,6-7,9-10,12-13,15-16H,2,5,8,11,14,17-19H2,1H3,(H2,21,22);2-4H,1H3,(H,15,16);5H,3-4H2,1-2H3,(H,7,8)/b4-3-,7-6-,10-9-,13-12-,16-15-;;. The number of primary amides is 1. The molecule has 0 radical (unpaired) electrons. The lowest BCUT2D eigenvalue weighted by atomic mass is 10.1. The van der Waals surface area contributed by atoms with Gasteiger partial charge in [0.05, 0.1) is 5.56 Å². The van der Waals surface area contributed by atoms with Gasteiger partial charge in [-0.15, -0.1) is 0 Å². The van der Waals surface area contributed by atoms with E-state index in [2.05, 4.69) is 72.4 Å². The van der Waals surface area contributed by atoms with Crippen LogP contribution >= 0.6 is 0 Å². The van der Waals surface area contributed by atoms with Gasteiger partial charge in [0.25, 0.3) is 0 Å². The number of hydrogen-bond donors (Lipinski definition) is 3. The van der Waals surface area contributed by atoms with Crippen LogP contribution in [0.15, 0.2) is 79.0 Å². The molecule has 0 saturated heterocycles. The van der Waals surface area contributed by atoms with Crippen LogP contribution in [0.1, 0.15) is 108 Å². The summed E-state index contributed by atoms with van der Waals surface area (Å²) in [5.41, 5.74) is 3.48. The van der Waals surface area contributed by atoms with Crippen molar-refractivity contribution < 1.29 is 47.3 Å². The van der Waals surface area contributed by atoms with Crippen LogP contribution in [0.3, 0.4) is 0 Å². The smallest absolute Gasteiger partial charge is 0.416 e. The first kappa shape index (κ1) is 44.7. The van der Waals surface area contributed by atoms with Gasteiger partial charge in [0.1, 0.15) is 11.3 Å². The van der Waals surface area contributed by atoms with Crippen molar-refractivity contribution in [2.45, 2.75) is 98.1 Å². The quantitative estimate of drug-likeness (QED) is 0.0614. The van der Waals surface area contributed by atoms with Gasteiger partial charge >= 0.3 is 24.1 Å². The Labute approximate surface area is 276 Å². The highest BCUT2D eigenvalue weighted by molar-refractivity contribution is 5.92. The average molecular weight is 666 g/mol. The topological polar surface area (TPSA) is 144 Å². The molecule has 47 heavy (non-hydrogen) atoms. The Bertz CT molecular complexity index is 1210. The minimum atomic E-state index is -4.63. The summed E-state index contributed by atoms with van der Waals surface area (Å²) in [6.07, 6.45) is 25.6. The number of rotatable bonds is 18. The summed E-state index contributed by atoms with van der Waals surface area (Å²) in [5.74, 6) is -3.40. The number of amides is 1. The zero-order valence-electron chi connectivity index (χ0n) is 27.8. The van der Waals surface area contributed by atoms with Crippen LogP contribution in [-0.4, -0.2) is 34.0 Å². The van der Waals surface area contributed by atoms with Gasteiger partial charge in [0.15, 0.2) is 0 Å². The molecule has 0 saturated carbocycles. The Kier molecular flexibility index (Phi) is 26.5. The number of aliphatic carboxylic acids is 1. The van der Waals surface area contributed by atoms with Crippen LogP contribution in [0, 0.1) is 5.92 Å². The van der Waals surface area contributed by atoms with Crippen LogP contribution in [0.25, 0.3) is 0 Å². The number of esters is 1. The van der Waals surface area contributed by atoms with Crippen LogP contribution < -0.4 is 10.5 Å². The maximum Gasteiger partial charge on any atom is 0.416 e. The summed E-state index contributed by atoms with van der Waals surface area (Å²) in [6.45, 7) is 7.15. The minimum Gasteiger partial charge on any atom is -0.481 e. The number of alkyl halides is 3. The predicted molar refractivity (Wildman–Crippen MR) is 179 cm³/mol. The van der Waals surface area contributed by atoms with Crippen LogP contribution in [0.2, 0.25) is 0 Å². The van der Waals surface area contributed by atoms with Crippen molar-refractivity contribution in [3.8, 4) is 5.75 Å². The van der Waals surface area contributed by atoms with E-state index >= 15 is 0 Å². The van der Waals surface area contributed by atoms with Gasteiger partial charge in [-0.25, -0.2) is 4.79 Å². The largest absolute Gasteiger partial charge is 0.481 e. The van der Waals surface area contributed by atoms with E-state index in [4.69, 9.17) is 15.9 Å². The third-order valence-electron chi connectivity index (χ3n) is 5.68. The highest BCUT2D eigenvalue weighted by Gasteiger charge is 2.32. The van der Waals surface area contributed by atoms with Gasteiger partial charge in [0.2, 0.25) is 5.91 Å². The average Bonchev–Trinajstić information content (AvgIpc) is 2.97. The van der Waals surface area contributed by atoms with E-state index in [-0.39, 0.29) is 5.91 Å². The van der Waals surface area contributed by atoms with Crippen molar-refractivity contribution >= 4 is 23.8 Å². The van der Waals surface area contributed by atoms with Crippen molar-refractivity contribution in [3.63, 3.8) is 0 Å². The van der Waals surface area contributed by atoms with E-state index in [1.54, 1.807) is 0 Å². The van der Waals surface area contributed by atoms with Gasteiger partial charge < -0.3 is 20.7 Å². The molecule has 11 heteroatoms. The third kappa shape index (κ3) is 30.0. The van der Waals surface area contributed by atoms with Gasteiger partial charge in [-0.05, 0) is 75.5 Å². The number of benzene rings is 1. The molecule has 0 bridgehead atoms. The highest BCUT2D eigenvalue weighted by Crippen LogP contribution is 2.33. The molecule has 0 aliphatic rings. The fourth-order valence-corrected chi connectivity index (χ4v) is 3.29. The molecule has 0 spiro atoms. The van der Waals surface area contributed by atoms with Crippen LogP contribution in [0.4, 0.5) is 13.2 Å². The highest BCUT2D eigenvalue weighted by atomic mass is 19.4. The van der Waals surface area contributed by atoms with Gasteiger partial charge in [-0.2, -0.15) is 13.2 Å². The number of ether oxygens (including phenoxy) is 1. The molecule has 262 valence electrons. The molecule has 8 nitrogen and oxygen atoms in total. The molecule has 0 aromatic heterocycles. The second-order valence-electron chi connectivity index (χ2n) is 10.5. The molecule has 0 fully saturated rings. The zero-order valence-corrected chi connectivity index (χ0v) is 27.8. The van der Waals surface area contributed by atoms with E-state index in [0.717, 1.165) is 64.4 Å². The summed E-state index contributed by atoms with van der Waals surface area (Å²) < 4.78 is 41.5. The number of unbranched alkanes of at least 4 members (excludes halogenated alkanes) is 1. The number of carbonyl (C=O) groups is 4. The Hall–Kier alpha value is -4.41. The number of carbonyl (C=O) groups excluding carboxylic acids is 2.